The highest BCUT2D eigenvalue weighted by atomic mass is 15.2. The summed E-state index contributed by atoms with van der Waals surface area (Å²) in [5.41, 5.74) is 36.2. The van der Waals surface area contributed by atoms with Gasteiger partial charge in [-0.05, 0) is 228 Å². The summed E-state index contributed by atoms with van der Waals surface area (Å²) in [6, 6.07) is 180. The van der Waals surface area contributed by atoms with Gasteiger partial charge in [-0.15, -0.1) is 0 Å². The van der Waals surface area contributed by atoms with E-state index >= 15 is 0 Å². The molecule has 0 spiro atoms. The molecule has 0 N–H and O–H groups in total. The van der Waals surface area contributed by atoms with E-state index in [0.29, 0.717) is 0 Å². The molecule has 590 valence electrons. The smallest absolute Gasteiger partial charge is 0.252 e. The normalized spacial score (nSPS) is 12.2. The fourth-order valence-electron chi connectivity index (χ4n) is 21.0. The Morgan fingerprint density at radius 1 is 0.189 bits per heavy atom. The minimum atomic E-state index is -0.372. The number of benzene rings is 22. The molecule has 22 aromatic carbocycles. The van der Waals surface area contributed by atoms with E-state index in [0.717, 1.165) is 168 Å². The highest BCUT2D eigenvalue weighted by Gasteiger charge is 2.47. The maximum atomic E-state index is 2.73. The summed E-state index contributed by atoms with van der Waals surface area (Å²) in [6.07, 6.45) is 0. The molecule has 0 aliphatic carbocycles. The van der Waals surface area contributed by atoms with Gasteiger partial charge >= 0.3 is 0 Å². The van der Waals surface area contributed by atoms with Crippen LogP contribution in [0.5, 0.6) is 0 Å². The zero-order valence-corrected chi connectivity index (χ0v) is 69.5. The SMILES string of the molecule is c1ccc(-c2ccc(N(c3ccc(-c4ccccc4)cc3)c3cc4c5c(c3)N(c3c(-c6ccccc6)cc(-c6ccccc6)cc3-c3ccccc3)c3cc(-n6c7ccccc7c7ccccc76)ccc3B5c3ccc(-c5ccc6c7cccc8cccc(c9cccc5c96)c87)cc3N4c3c(-c4ccccc4)cc(-c4ccccc4)cc3-c3ccccc3)cc2)cc1. The fourth-order valence-corrected chi connectivity index (χ4v) is 21.0. The minimum Gasteiger partial charge on any atom is -0.310 e. The molecule has 2 aliphatic heterocycles. The molecule has 0 atom stereocenters. The van der Waals surface area contributed by atoms with Crippen LogP contribution in [0.3, 0.4) is 0 Å². The van der Waals surface area contributed by atoms with Gasteiger partial charge < -0.3 is 19.3 Å². The number of hydrogen-bond acceptors (Lipinski definition) is 3. The first-order valence-electron chi connectivity index (χ1n) is 44.0. The second kappa shape index (κ2) is 30.2. The predicted octanol–water partition coefficient (Wildman–Crippen LogP) is 31.4. The zero-order valence-electron chi connectivity index (χ0n) is 69.5. The van der Waals surface area contributed by atoms with Gasteiger partial charge in [-0.3, -0.25) is 0 Å². The van der Waals surface area contributed by atoms with Crippen LogP contribution in [-0.2, 0) is 0 Å². The lowest BCUT2D eigenvalue weighted by atomic mass is 9.33. The topological polar surface area (TPSA) is 14.7 Å². The van der Waals surface area contributed by atoms with Crippen LogP contribution in [0.1, 0.15) is 0 Å². The largest absolute Gasteiger partial charge is 0.310 e. The number of para-hydroxylation sites is 2. The minimum absolute atomic E-state index is 0.372. The van der Waals surface area contributed by atoms with E-state index in [2.05, 4.69) is 499 Å². The van der Waals surface area contributed by atoms with E-state index in [1.165, 1.54) is 70.3 Å². The van der Waals surface area contributed by atoms with Crippen molar-refractivity contribution >= 4 is 139 Å². The Labute approximate surface area is 738 Å². The lowest BCUT2D eigenvalue weighted by Crippen LogP contribution is -2.61. The van der Waals surface area contributed by atoms with Crippen molar-refractivity contribution in [3.8, 4) is 106 Å². The number of anilines is 9. The van der Waals surface area contributed by atoms with Crippen LogP contribution in [0, 0.1) is 0 Å². The Bertz CT molecular complexity index is 7900. The monoisotopic (exact) mass is 1610 g/mol. The zero-order chi connectivity index (χ0) is 83.6. The van der Waals surface area contributed by atoms with Gasteiger partial charge in [-0.2, -0.15) is 0 Å². The quantitative estimate of drug-likeness (QED) is 0.0578. The number of rotatable bonds is 15. The van der Waals surface area contributed by atoms with E-state index < -0.39 is 0 Å². The third-order valence-electron chi connectivity index (χ3n) is 26.7. The van der Waals surface area contributed by atoms with Gasteiger partial charge in [0.2, 0.25) is 0 Å². The van der Waals surface area contributed by atoms with Crippen LogP contribution >= 0.6 is 0 Å². The van der Waals surface area contributed by atoms with Crippen molar-refractivity contribution in [3.05, 3.63) is 479 Å². The Morgan fingerprint density at radius 2 is 0.520 bits per heavy atom. The molecule has 0 unspecified atom stereocenters. The Balaban J connectivity index is 0.867. The van der Waals surface area contributed by atoms with E-state index in [9.17, 15) is 0 Å². The highest BCUT2D eigenvalue weighted by Crippen LogP contribution is 2.58. The lowest BCUT2D eigenvalue weighted by Gasteiger charge is -2.46. The summed E-state index contributed by atoms with van der Waals surface area (Å²) < 4.78 is 2.51. The van der Waals surface area contributed by atoms with Crippen LogP contribution in [-0.4, -0.2) is 11.3 Å². The van der Waals surface area contributed by atoms with Crippen LogP contribution < -0.4 is 31.1 Å². The van der Waals surface area contributed by atoms with E-state index in [4.69, 9.17) is 0 Å². The summed E-state index contributed by atoms with van der Waals surface area (Å²) >= 11 is 0. The third kappa shape index (κ3) is 12.1. The maximum Gasteiger partial charge on any atom is 0.252 e. The molecule has 1 aromatic heterocycles. The summed E-state index contributed by atoms with van der Waals surface area (Å²) in [5, 5.41) is 12.5. The molecule has 0 radical (unpaired) electrons. The van der Waals surface area contributed by atoms with Crippen molar-refractivity contribution in [1.82, 2.24) is 4.57 Å². The van der Waals surface area contributed by atoms with Gasteiger partial charge in [0.25, 0.3) is 6.71 Å². The predicted molar refractivity (Wildman–Crippen MR) is 540 cm³/mol. The van der Waals surface area contributed by atoms with Crippen molar-refractivity contribution in [1.29, 1.82) is 0 Å². The third-order valence-corrected chi connectivity index (χ3v) is 26.7. The molecule has 4 nitrogen and oxygen atoms in total. The van der Waals surface area contributed by atoms with Crippen molar-refractivity contribution < 1.29 is 0 Å². The molecule has 5 heteroatoms. The maximum absolute atomic E-state index is 2.73. The summed E-state index contributed by atoms with van der Waals surface area (Å²) in [6.45, 7) is -0.372. The van der Waals surface area contributed by atoms with Gasteiger partial charge in [-0.1, -0.05) is 388 Å². The molecule has 3 heterocycles. The molecule has 0 amide bonds. The molecule has 0 saturated heterocycles. The molecule has 0 bridgehead atoms. The van der Waals surface area contributed by atoms with Crippen LogP contribution in [0.15, 0.2) is 479 Å². The van der Waals surface area contributed by atoms with E-state index in [-0.39, 0.29) is 6.71 Å². The van der Waals surface area contributed by atoms with Crippen molar-refractivity contribution in [2.45, 2.75) is 0 Å². The van der Waals surface area contributed by atoms with Crippen molar-refractivity contribution in [2.24, 2.45) is 0 Å². The Morgan fingerprint density at radius 3 is 0.953 bits per heavy atom. The highest BCUT2D eigenvalue weighted by molar-refractivity contribution is 7.00. The molecule has 0 saturated carbocycles. The number of aromatic nitrogens is 1. The molecular weight excluding hydrogens is 1530 g/mol. The first kappa shape index (κ1) is 73.2. The van der Waals surface area contributed by atoms with Crippen LogP contribution in [0.4, 0.5) is 51.2 Å². The number of nitrogens with zero attached hydrogens (tertiary/aromatic N) is 4. The average Bonchev–Trinajstić information content (AvgIpc) is 0.701. The van der Waals surface area contributed by atoms with Gasteiger partial charge in [0.1, 0.15) is 0 Å². The molecule has 25 rings (SSSR count). The van der Waals surface area contributed by atoms with E-state index in [1.54, 1.807) is 0 Å². The molecule has 23 aromatic rings. The second-order valence-electron chi connectivity index (χ2n) is 33.7. The van der Waals surface area contributed by atoms with Gasteiger partial charge in [0, 0.05) is 72.8 Å². The lowest BCUT2D eigenvalue weighted by molar-refractivity contribution is 1.17. The van der Waals surface area contributed by atoms with Gasteiger partial charge in [0.15, 0.2) is 0 Å². The summed E-state index contributed by atoms with van der Waals surface area (Å²) in [4.78, 5) is 7.98. The van der Waals surface area contributed by atoms with Gasteiger partial charge in [0.05, 0.1) is 28.1 Å². The fraction of sp³-hybridized carbons (Fsp3) is 0. The molecule has 2 aliphatic rings. The average molecular weight is 1610 g/mol. The number of fused-ring (bicyclic) bond motifs is 9. The van der Waals surface area contributed by atoms with E-state index in [1.807, 2.05) is 0 Å². The van der Waals surface area contributed by atoms with Gasteiger partial charge in [-0.25, -0.2) is 0 Å². The summed E-state index contributed by atoms with van der Waals surface area (Å²) in [5.74, 6) is 0. The first-order valence-corrected chi connectivity index (χ1v) is 44.0. The standard InChI is InChI=1S/C122H79BN4/c1-9-32-80(33-10-1)84-58-63-94(64-59-84)124(95-65-60-85(61-66-95)81-34-11-2-12-35-81)97-78-116-120-117(79-97)127(122-108(88-44-21-7-22-45-88)74-93(83-38-15-4-16-39-83)75-109(122)89-46-23-8-24-47-89)115-77-96(125-112-56-27-25-50-99(112)100-51-26-28-57-113(100)125)67-71-111(115)123(120)110-70-62-91(98-68-69-105-103-53-30-49-90-48-29-52-102(118(90)103)104-55-31-54-101(98)119(104)105)76-114(110)126(116)121-106(86-40-17-5-18-41-86)72-92(82-36-13-3-14-37-82)73-107(121)87-42-19-6-20-43-87/h1-79H. The van der Waals surface area contributed by atoms with Crippen molar-refractivity contribution in [3.63, 3.8) is 0 Å². The molecule has 0 fully saturated rings. The van der Waals surface area contributed by atoms with Crippen molar-refractivity contribution in [2.75, 3.05) is 14.7 Å². The summed E-state index contributed by atoms with van der Waals surface area (Å²) in [7, 11) is 0. The second-order valence-corrected chi connectivity index (χ2v) is 33.7. The first-order chi connectivity index (χ1) is 63.0. The van der Waals surface area contributed by atoms with Crippen LogP contribution in [0.25, 0.3) is 171 Å². The molecule has 127 heavy (non-hydrogen) atoms. The Hall–Kier alpha value is -16.6. The molecular formula is C122H79BN4. The van der Waals surface area contributed by atoms with Crippen LogP contribution in [0.2, 0.25) is 0 Å². The number of hydrogen-bond donors (Lipinski definition) is 0. The Kier molecular flexibility index (Phi) is 17.4.